The highest BCUT2D eigenvalue weighted by molar-refractivity contribution is 5.78. The highest BCUT2D eigenvalue weighted by atomic mass is 16.5. The van der Waals surface area contributed by atoms with Crippen LogP contribution in [0, 0.1) is 0 Å². The van der Waals surface area contributed by atoms with Crippen LogP contribution in [0.1, 0.15) is 16.7 Å². The van der Waals surface area contributed by atoms with Crippen LogP contribution in [-0.2, 0) is 24.2 Å². The fraction of sp³-hybridized carbons (Fsp3) is 0.240. The third kappa shape index (κ3) is 6.40. The Hall–Kier alpha value is -3.67. The molecule has 0 bridgehead atoms. The molecule has 1 amide bonds. The summed E-state index contributed by atoms with van der Waals surface area (Å²) in [5.41, 5.74) is 3.75. The van der Waals surface area contributed by atoms with Crippen LogP contribution in [0.3, 0.4) is 0 Å². The van der Waals surface area contributed by atoms with Crippen LogP contribution in [0.4, 0.5) is 5.69 Å². The van der Waals surface area contributed by atoms with Gasteiger partial charge in [0.05, 0.1) is 20.6 Å². The van der Waals surface area contributed by atoms with Gasteiger partial charge in [0.2, 0.25) is 5.91 Å². The molecule has 0 radical (unpaired) electrons. The molecule has 6 nitrogen and oxygen atoms in total. The minimum absolute atomic E-state index is 0.00414. The minimum atomic E-state index is -0.00414. The lowest BCUT2D eigenvalue weighted by Gasteiger charge is -2.11. The molecule has 3 aromatic rings. The fourth-order valence-corrected chi connectivity index (χ4v) is 3.20. The van der Waals surface area contributed by atoms with Crippen molar-refractivity contribution in [1.82, 2.24) is 5.32 Å². The zero-order valence-electron chi connectivity index (χ0n) is 17.9. The summed E-state index contributed by atoms with van der Waals surface area (Å²) >= 11 is 0. The van der Waals surface area contributed by atoms with Crippen molar-refractivity contribution in [2.24, 2.45) is 0 Å². The van der Waals surface area contributed by atoms with Crippen molar-refractivity contribution in [3.8, 4) is 17.2 Å². The Balaban J connectivity index is 1.43. The van der Waals surface area contributed by atoms with E-state index in [1.807, 2.05) is 60.7 Å². The molecule has 0 heterocycles. The number of hydrogen-bond donors (Lipinski definition) is 3. The van der Waals surface area contributed by atoms with E-state index in [0.717, 1.165) is 34.5 Å². The Kier molecular flexibility index (Phi) is 7.76. The lowest BCUT2D eigenvalue weighted by atomic mass is 10.1. The SMILES string of the molecule is COc1ccc(CCNC(=O)Cc2ccc(NCc3cccc(OC)c3O)cc2)cc1. The van der Waals surface area contributed by atoms with Crippen LogP contribution in [-0.4, -0.2) is 31.8 Å². The van der Waals surface area contributed by atoms with Crippen molar-refractivity contribution in [3.05, 3.63) is 83.4 Å². The van der Waals surface area contributed by atoms with E-state index >= 15 is 0 Å². The van der Waals surface area contributed by atoms with E-state index in [9.17, 15) is 9.90 Å². The first-order chi connectivity index (χ1) is 15.1. The van der Waals surface area contributed by atoms with Gasteiger partial charge in [0.1, 0.15) is 5.75 Å². The molecule has 162 valence electrons. The zero-order valence-corrected chi connectivity index (χ0v) is 17.9. The van der Waals surface area contributed by atoms with Crippen LogP contribution in [0.5, 0.6) is 17.2 Å². The van der Waals surface area contributed by atoms with Crippen molar-refractivity contribution in [2.45, 2.75) is 19.4 Å². The summed E-state index contributed by atoms with van der Waals surface area (Å²) in [6, 6.07) is 21.0. The van der Waals surface area contributed by atoms with E-state index in [1.54, 1.807) is 13.2 Å². The van der Waals surface area contributed by atoms with Gasteiger partial charge in [0.15, 0.2) is 11.5 Å². The molecule has 0 fully saturated rings. The molecule has 0 spiro atoms. The first-order valence-electron chi connectivity index (χ1n) is 10.2. The summed E-state index contributed by atoms with van der Waals surface area (Å²) in [5.74, 6) is 1.41. The molecule has 0 atom stereocenters. The van der Waals surface area contributed by atoms with Gasteiger partial charge in [-0.25, -0.2) is 0 Å². The summed E-state index contributed by atoms with van der Waals surface area (Å²) in [5, 5.41) is 16.4. The minimum Gasteiger partial charge on any atom is -0.504 e. The molecule has 31 heavy (non-hydrogen) atoms. The van der Waals surface area contributed by atoms with Crippen molar-refractivity contribution >= 4 is 11.6 Å². The molecular formula is C25H28N2O4. The monoisotopic (exact) mass is 420 g/mol. The predicted molar refractivity (Wildman–Crippen MR) is 122 cm³/mol. The number of aromatic hydroxyl groups is 1. The molecule has 0 saturated carbocycles. The van der Waals surface area contributed by atoms with Gasteiger partial charge >= 0.3 is 0 Å². The topological polar surface area (TPSA) is 79.8 Å². The number of ether oxygens (including phenoxy) is 2. The summed E-state index contributed by atoms with van der Waals surface area (Å²) in [6.07, 6.45) is 1.11. The Bertz CT molecular complexity index is 985. The maximum absolute atomic E-state index is 12.2. The van der Waals surface area contributed by atoms with Crippen LogP contribution in [0.25, 0.3) is 0 Å². The smallest absolute Gasteiger partial charge is 0.224 e. The van der Waals surface area contributed by atoms with Gasteiger partial charge in [-0.15, -0.1) is 0 Å². The number of methoxy groups -OCH3 is 2. The van der Waals surface area contributed by atoms with E-state index in [-0.39, 0.29) is 11.7 Å². The average Bonchev–Trinajstić information content (AvgIpc) is 2.80. The summed E-state index contributed by atoms with van der Waals surface area (Å²) < 4.78 is 10.3. The van der Waals surface area contributed by atoms with Crippen LogP contribution >= 0.6 is 0 Å². The molecule has 3 aromatic carbocycles. The van der Waals surface area contributed by atoms with Crippen molar-refractivity contribution < 1.29 is 19.4 Å². The van der Waals surface area contributed by atoms with Gasteiger partial charge in [-0.3, -0.25) is 4.79 Å². The molecule has 0 unspecified atom stereocenters. The number of phenols is 1. The van der Waals surface area contributed by atoms with E-state index in [2.05, 4.69) is 10.6 Å². The second-order valence-corrected chi connectivity index (χ2v) is 7.14. The highest BCUT2D eigenvalue weighted by Crippen LogP contribution is 2.29. The van der Waals surface area contributed by atoms with Gasteiger partial charge in [0, 0.05) is 24.3 Å². The fourth-order valence-electron chi connectivity index (χ4n) is 3.20. The number of phenolic OH excluding ortho intramolecular Hbond substituents is 1. The van der Waals surface area contributed by atoms with Gasteiger partial charge < -0.3 is 25.2 Å². The Morgan fingerprint density at radius 3 is 2.29 bits per heavy atom. The van der Waals surface area contributed by atoms with E-state index in [4.69, 9.17) is 9.47 Å². The lowest BCUT2D eigenvalue weighted by molar-refractivity contribution is -0.120. The van der Waals surface area contributed by atoms with Gasteiger partial charge in [-0.2, -0.15) is 0 Å². The number of carbonyl (C=O) groups is 1. The predicted octanol–water partition coefficient (Wildman–Crippen LogP) is 3.92. The lowest BCUT2D eigenvalue weighted by Crippen LogP contribution is -2.27. The van der Waals surface area contributed by atoms with Crippen molar-refractivity contribution in [1.29, 1.82) is 0 Å². The number of amides is 1. The summed E-state index contributed by atoms with van der Waals surface area (Å²) in [7, 11) is 3.17. The number of rotatable bonds is 10. The van der Waals surface area contributed by atoms with Gasteiger partial charge in [0.25, 0.3) is 0 Å². The second-order valence-electron chi connectivity index (χ2n) is 7.14. The number of benzene rings is 3. The molecule has 3 rings (SSSR count). The largest absolute Gasteiger partial charge is 0.504 e. The van der Waals surface area contributed by atoms with Crippen molar-refractivity contribution in [2.75, 3.05) is 26.1 Å². The number of nitrogens with one attached hydrogen (secondary N) is 2. The van der Waals surface area contributed by atoms with Gasteiger partial charge in [-0.1, -0.05) is 36.4 Å². The molecule has 6 heteroatoms. The maximum atomic E-state index is 12.2. The van der Waals surface area contributed by atoms with Gasteiger partial charge in [-0.05, 0) is 47.9 Å². The number of hydrogen-bond acceptors (Lipinski definition) is 5. The maximum Gasteiger partial charge on any atom is 0.224 e. The third-order valence-corrected chi connectivity index (χ3v) is 5.00. The highest BCUT2D eigenvalue weighted by Gasteiger charge is 2.07. The molecule has 0 aliphatic heterocycles. The first kappa shape index (κ1) is 22.0. The van der Waals surface area contributed by atoms with E-state index in [0.29, 0.717) is 25.3 Å². The number of anilines is 1. The first-order valence-corrected chi connectivity index (χ1v) is 10.2. The van der Waals surface area contributed by atoms with E-state index < -0.39 is 0 Å². The molecule has 0 aromatic heterocycles. The summed E-state index contributed by atoms with van der Waals surface area (Å²) in [4.78, 5) is 12.2. The average molecular weight is 421 g/mol. The van der Waals surface area contributed by atoms with Crippen LogP contribution in [0.15, 0.2) is 66.7 Å². The quantitative estimate of drug-likeness (QED) is 0.463. The number of para-hydroxylation sites is 1. The Morgan fingerprint density at radius 2 is 1.61 bits per heavy atom. The molecular weight excluding hydrogens is 392 g/mol. The Morgan fingerprint density at radius 1 is 0.903 bits per heavy atom. The van der Waals surface area contributed by atoms with Crippen molar-refractivity contribution in [3.63, 3.8) is 0 Å². The second kappa shape index (κ2) is 10.9. The van der Waals surface area contributed by atoms with Crippen LogP contribution < -0.4 is 20.1 Å². The molecule has 0 aliphatic rings. The standard InChI is InChI=1S/C25H28N2O4/c1-30-22-12-8-18(9-13-22)14-15-26-24(28)16-19-6-10-21(11-7-19)27-17-20-4-3-5-23(31-2)25(20)29/h3-13,27,29H,14-17H2,1-2H3,(H,26,28). The Labute approximate surface area is 182 Å². The zero-order chi connectivity index (χ0) is 22.1. The number of carbonyl (C=O) groups excluding carboxylic acids is 1. The molecule has 3 N–H and O–H groups in total. The molecule has 0 saturated heterocycles. The van der Waals surface area contributed by atoms with Crippen LogP contribution in [0.2, 0.25) is 0 Å². The normalized spacial score (nSPS) is 10.4. The third-order valence-electron chi connectivity index (χ3n) is 5.00. The van der Waals surface area contributed by atoms with E-state index in [1.165, 1.54) is 7.11 Å². The molecule has 0 aliphatic carbocycles. The summed E-state index contributed by atoms with van der Waals surface area (Å²) in [6.45, 7) is 1.06.